The van der Waals surface area contributed by atoms with Crippen molar-refractivity contribution in [2.45, 2.75) is 19.5 Å². The molecule has 0 saturated carbocycles. The van der Waals surface area contributed by atoms with Gasteiger partial charge in [-0.05, 0) is 60.1 Å². The average Bonchev–Trinajstić information content (AvgIpc) is 3.47. The van der Waals surface area contributed by atoms with Gasteiger partial charge in [-0.3, -0.25) is 0 Å². The highest BCUT2D eigenvalue weighted by atomic mass is 32.1. The molecule has 0 fully saturated rings. The van der Waals surface area contributed by atoms with E-state index in [9.17, 15) is 4.39 Å². The lowest BCUT2D eigenvalue weighted by Gasteiger charge is -2.29. The summed E-state index contributed by atoms with van der Waals surface area (Å²) in [6, 6.07) is 22.6. The molecule has 3 heterocycles. The van der Waals surface area contributed by atoms with E-state index in [0.29, 0.717) is 18.5 Å². The van der Waals surface area contributed by atoms with Crippen LogP contribution in [0, 0.1) is 5.82 Å². The van der Waals surface area contributed by atoms with E-state index < -0.39 is 0 Å². The van der Waals surface area contributed by atoms with Crippen LogP contribution in [0.15, 0.2) is 72.8 Å². The van der Waals surface area contributed by atoms with Gasteiger partial charge in [0.15, 0.2) is 16.6 Å². The molecule has 0 amide bonds. The second-order valence-corrected chi connectivity index (χ2v) is 8.33. The summed E-state index contributed by atoms with van der Waals surface area (Å²) in [5, 5.41) is 5.26. The molecule has 5 nitrogen and oxygen atoms in total. The van der Waals surface area contributed by atoms with Gasteiger partial charge in [0.25, 0.3) is 0 Å². The van der Waals surface area contributed by atoms with Crippen molar-refractivity contribution in [1.29, 1.82) is 0 Å². The second-order valence-electron chi connectivity index (χ2n) is 7.94. The van der Waals surface area contributed by atoms with Crippen molar-refractivity contribution in [3.8, 4) is 11.5 Å². The zero-order valence-electron chi connectivity index (χ0n) is 18.0. The molecule has 0 radical (unpaired) electrons. The average molecular weight is 462 g/mol. The molecule has 33 heavy (non-hydrogen) atoms. The summed E-state index contributed by atoms with van der Waals surface area (Å²) in [4.78, 5) is 5.66. The van der Waals surface area contributed by atoms with Crippen LogP contribution in [0.2, 0.25) is 0 Å². The lowest BCUT2D eigenvalue weighted by atomic mass is 10.0. The van der Waals surface area contributed by atoms with Crippen molar-refractivity contribution < 1.29 is 13.9 Å². The number of aromatic nitrogens is 1. The summed E-state index contributed by atoms with van der Waals surface area (Å²) >= 11 is 5.52. The Kier molecular flexibility index (Phi) is 6.13. The number of halogens is 1. The molecule has 2 N–H and O–H groups in total. The van der Waals surface area contributed by atoms with Crippen LogP contribution in [0.4, 0.5) is 4.39 Å². The molecule has 0 atom stereocenters. The number of para-hydroxylation sites is 3. The summed E-state index contributed by atoms with van der Waals surface area (Å²) in [6.07, 6.45) is 0.973. The third kappa shape index (κ3) is 4.78. The third-order valence-corrected chi connectivity index (χ3v) is 6.18. The van der Waals surface area contributed by atoms with Crippen LogP contribution in [-0.4, -0.2) is 28.3 Å². The maximum absolute atomic E-state index is 13.2. The molecule has 0 spiro atoms. The predicted octanol–water partition coefficient (Wildman–Crippen LogP) is 5.16. The molecule has 0 unspecified atom stereocenters. The van der Waals surface area contributed by atoms with E-state index in [2.05, 4.69) is 33.4 Å². The van der Waals surface area contributed by atoms with E-state index >= 15 is 0 Å². The molecule has 7 heteroatoms. The Morgan fingerprint density at radius 1 is 1.00 bits per heavy atom. The summed E-state index contributed by atoms with van der Waals surface area (Å²) < 4.78 is 23.4. The van der Waals surface area contributed by atoms with Crippen molar-refractivity contribution in [3.05, 3.63) is 95.4 Å². The van der Waals surface area contributed by atoms with Crippen LogP contribution in [0.1, 0.15) is 16.8 Å². The first-order valence-electron chi connectivity index (χ1n) is 10.9. The second kappa shape index (κ2) is 9.50. The molecule has 4 aromatic rings. The summed E-state index contributed by atoms with van der Waals surface area (Å²) in [5.74, 6) is 1.47. The Bertz CT molecular complexity index is 1270. The van der Waals surface area contributed by atoms with Crippen LogP contribution in [0.25, 0.3) is 10.9 Å². The van der Waals surface area contributed by atoms with E-state index in [-0.39, 0.29) is 5.82 Å². The minimum atomic E-state index is -0.221. The topological polar surface area (TPSA) is 49.5 Å². The molecule has 1 aromatic heterocycles. The van der Waals surface area contributed by atoms with Gasteiger partial charge in [0, 0.05) is 29.7 Å². The number of hydrogen-bond donors (Lipinski definition) is 2. The first-order valence-corrected chi connectivity index (χ1v) is 11.3. The minimum Gasteiger partial charge on any atom is -0.454 e. The smallest absolute Gasteiger partial charge is 0.231 e. The maximum atomic E-state index is 13.2. The first-order chi connectivity index (χ1) is 16.2. The van der Waals surface area contributed by atoms with E-state index in [4.69, 9.17) is 21.7 Å². The fourth-order valence-corrected chi connectivity index (χ4v) is 4.38. The third-order valence-electron chi connectivity index (χ3n) is 5.78. The Labute approximate surface area is 197 Å². The van der Waals surface area contributed by atoms with E-state index in [0.717, 1.165) is 36.6 Å². The molecular weight excluding hydrogens is 437 g/mol. The number of aromatic amines is 1. The van der Waals surface area contributed by atoms with Crippen LogP contribution in [-0.2, 0) is 19.5 Å². The van der Waals surface area contributed by atoms with E-state index in [1.54, 1.807) is 6.07 Å². The van der Waals surface area contributed by atoms with Crippen molar-refractivity contribution in [1.82, 2.24) is 15.2 Å². The number of ether oxygens (including phenoxy) is 2. The van der Waals surface area contributed by atoms with Crippen LogP contribution < -0.4 is 14.8 Å². The number of nitrogens with one attached hydrogen (secondary N) is 2. The molecule has 0 bridgehead atoms. The van der Waals surface area contributed by atoms with Gasteiger partial charge in [-0.1, -0.05) is 42.5 Å². The van der Waals surface area contributed by atoms with Crippen molar-refractivity contribution >= 4 is 28.2 Å². The lowest BCUT2D eigenvalue weighted by molar-refractivity contribution is 0.174. The van der Waals surface area contributed by atoms with Gasteiger partial charge in [0.2, 0.25) is 6.79 Å². The van der Waals surface area contributed by atoms with Gasteiger partial charge in [-0.25, -0.2) is 4.39 Å². The van der Waals surface area contributed by atoms with Crippen LogP contribution in [0.3, 0.4) is 0 Å². The van der Waals surface area contributed by atoms with E-state index in [1.807, 2.05) is 36.4 Å². The highest BCUT2D eigenvalue weighted by Crippen LogP contribution is 2.30. The highest BCUT2D eigenvalue weighted by molar-refractivity contribution is 7.80. The molecule has 2 aliphatic rings. The summed E-state index contributed by atoms with van der Waals surface area (Å²) in [7, 11) is 0. The van der Waals surface area contributed by atoms with Gasteiger partial charge >= 0.3 is 0 Å². The molecule has 0 saturated heterocycles. The van der Waals surface area contributed by atoms with Crippen molar-refractivity contribution in [2.24, 2.45) is 0 Å². The monoisotopic (exact) mass is 461 g/mol. The molecule has 168 valence electrons. The van der Waals surface area contributed by atoms with E-state index in [1.165, 1.54) is 34.3 Å². The standard InChI is InChI=1S/C19H18FN3S.C7H6O2/c20-14-5-3-4-13(10-14)11-21-19(24)23-9-8-16-15-6-1-2-7-17(15)22-18(16)12-23;1-2-4-7-6(3-1)8-5-9-7/h1-7,10,22H,8-9,11-12H2,(H,21,24);1-4H,5H2. The SMILES string of the molecule is Fc1cccc(CNC(=S)N2CCc3c([nH]c4ccccc34)C2)c1.c1ccc2c(c1)OCO2. The number of thiocarbonyl (C=S) groups is 1. The molecule has 0 aliphatic carbocycles. The fourth-order valence-electron chi connectivity index (χ4n) is 4.15. The number of benzene rings is 3. The number of rotatable bonds is 2. The Morgan fingerprint density at radius 3 is 2.55 bits per heavy atom. The first kappa shape index (κ1) is 21.3. The quantitative estimate of drug-likeness (QED) is 0.404. The predicted molar refractivity (Wildman–Crippen MR) is 131 cm³/mol. The van der Waals surface area contributed by atoms with Crippen molar-refractivity contribution in [3.63, 3.8) is 0 Å². The highest BCUT2D eigenvalue weighted by Gasteiger charge is 2.21. The summed E-state index contributed by atoms with van der Waals surface area (Å²) in [5.41, 5.74) is 4.70. The lowest BCUT2D eigenvalue weighted by Crippen LogP contribution is -2.42. The molecule has 6 rings (SSSR count). The molecule has 2 aliphatic heterocycles. The van der Waals surface area contributed by atoms with Gasteiger partial charge < -0.3 is 24.7 Å². The molecule has 3 aromatic carbocycles. The largest absolute Gasteiger partial charge is 0.454 e. The Balaban J connectivity index is 0.000000211. The van der Waals surface area contributed by atoms with Gasteiger partial charge in [0.05, 0.1) is 6.54 Å². The molecular formula is C26H24FN3O2S. The minimum absolute atomic E-state index is 0.221. The number of nitrogens with zero attached hydrogens (tertiary/aromatic N) is 1. The zero-order chi connectivity index (χ0) is 22.6. The van der Waals surface area contributed by atoms with Gasteiger partial charge in [-0.2, -0.15) is 0 Å². The zero-order valence-corrected chi connectivity index (χ0v) is 18.8. The number of H-pyrrole nitrogens is 1. The van der Waals surface area contributed by atoms with Crippen LogP contribution >= 0.6 is 12.2 Å². The maximum Gasteiger partial charge on any atom is 0.231 e. The fraction of sp³-hybridized carbons (Fsp3) is 0.192. The van der Waals surface area contributed by atoms with Gasteiger partial charge in [-0.15, -0.1) is 0 Å². The summed E-state index contributed by atoms with van der Waals surface area (Å²) in [6.45, 7) is 2.56. The van der Waals surface area contributed by atoms with Crippen LogP contribution in [0.5, 0.6) is 11.5 Å². The Hall–Kier alpha value is -3.58. The Morgan fingerprint density at radius 2 is 1.76 bits per heavy atom. The normalized spacial score (nSPS) is 13.8. The number of fused-ring (bicyclic) bond motifs is 4. The van der Waals surface area contributed by atoms with Gasteiger partial charge in [0.1, 0.15) is 5.82 Å². The van der Waals surface area contributed by atoms with Crippen molar-refractivity contribution in [2.75, 3.05) is 13.3 Å². The number of hydrogen-bond acceptors (Lipinski definition) is 3.